The van der Waals surface area contributed by atoms with Crippen molar-refractivity contribution in [1.82, 2.24) is 10.6 Å². The lowest BCUT2D eigenvalue weighted by Gasteiger charge is -2.22. The molecule has 0 aromatic heterocycles. The van der Waals surface area contributed by atoms with Gasteiger partial charge < -0.3 is 34.3 Å². The minimum Gasteiger partial charge on any atom is -0.489 e. The van der Waals surface area contributed by atoms with E-state index in [1.807, 2.05) is 0 Å². The fraction of sp³-hybridized carbons (Fsp3) is 0.345. The van der Waals surface area contributed by atoms with Gasteiger partial charge in [-0.25, -0.2) is 19.2 Å². The Morgan fingerprint density at radius 3 is 2.31 bits per heavy atom. The summed E-state index contributed by atoms with van der Waals surface area (Å²) in [6, 6.07) is 11.6. The van der Waals surface area contributed by atoms with Crippen molar-refractivity contribution in [1.29, 1.82) is 0 Å². The molecular formula is C29H35N3O10. The Morgan fingerprint density at radius 1 is 0.952 bits per heavy atom. The molecule has 0 heterocycles. The minimum atomic E-state index is -1.42. The first-order valence-electron chi connectivity index (χ1n) is 12.8. The number of benzene rings is 2. The number of carbonyl (C=O) groups excluding carboxylic acids is 5. The molecule has 0 aliphatic rings. The quantitative estimate of drug-likeness (QED) is 0.135. The molecule has 0 bridgehead atoms. The summed E-state index contributed by atoms with van der Waals surface area (Å²) < 4.78 is 25.6. The van der Waals surface area contributed by atoms with E-state index in [0.29, 0.717) is 11.3 Å². The molecule has 0 saturated carbocycles. The molecule has 0 fully saturated rings. The highest BCUT2D eigenvalue weighted by atomic mass is 16.6. The van der Waals surface area contributed by atoms with E-state index in [2.05, 4.69) is 27.3 Å². The van der Waals surface area contributed by atoms with Gasteiger partial charge in [-0.1, -0.05) is 43.0 Å². The van der Waals surface area contributed by atoms with Gasteiger partial charge in [0.25, 0.3) is 0 Å². The number of anilines is 1. The number of hydrogen-bond acceptors (Lipinski definition) is 10. The van der Waals surface area contributed by atoms with E-state index in [-0.39, 0.29) is 24.5 Å². The predicted octanol–water partition coefficient (Wildman–Crippen LogP) is 3.98. The van der Waals surface area contributed by atoms with Crippen LogP contribution in [0.3, 0.4) is 0 Å². The number of Topliss-reactive ketones (excluding diaryl/α,β-unsaturated/α-hetero) is 1. The molecule has 13 nitrogen and oxygen atoms in total. The van der Waals surface area contributed by atoms with Crippen LogP contribution < -0.4 is 20.7 Å². The van der Waals surface area contributed by atoms with Crippen molar-refractivity contribution >= 4 is 35.7 Å². The number of carbonyl (C=O) groups is 5. The van der Waals surface area contributed by atoms with Crippen molar-refractivity contribution in [2.75, 3.05) is 32.2 Å². The summed E-state index contributed by atoms with van der Waals surface area (Å²) in [5.74, 6) is -1.57. The average Bonchev–Trinajstić information content (AvgIpc) is 2.95. The zero-order valence-electron chi connectivity index (χ0n) is 23.9. The van der Waals surface area contributed by atoms with Crippen LogP contribution in [-0.2, 0) is 30.3 Å². The third kappa shape index (κ3) is 12.0. The van der Waals surface area contributed by atoms with Crippen molar-refractivity contribution in [3.05, 3.63) is 72.3 Å². The van der Waals surface area contributed by atoms with Crippen molar-refractivity contribution in [3.63, 3.8) is 0 Å². The molecule has 3 N–H and O–H groups in total. The SMILES string of the molecule is C=CCOc1cc(NC(=O)OC)ccc1C(=O)COC(=O)[C@H](CNC(=O)OC(C)(C)C)NC(=O)OCc1ccccc1. The van der Waals surface area contributed by atoms with Crippen LogP contribution in [0.4, 0.5) is 20.1 Å². The van der Waals surface area contributed by atoms with E-state index < -0.39 is 54.8 Å². The molecule has 1 atom stereocenters. The summed E-state index contributed by atoms with van der Waals surface area (Å²) in [5, 5.41) is 7.18. The predicted molar refractivity (Wildman–Crippen MR) is 151 cm³/mol. The highest BCUT2D eigenvalue weighted by Gasteiger charge is 2.27. The first kappa shape index (κ1) is 33.1. The number of esters is 1. The summed E-state index contributed by atoms with van der Waals surface area (Å²) in [7, 11) is 1.20. The topological polar surface area (TPSA) is 168 Å². The first-order valence-corrected chi connectivity index (χ1v) is 12.8. The molecule has 0 radical (unpaired) electrons. The second-order valence-electron chi connectivity index (χ2n) is 9.60. The fourth-order valence-corrected chi connectivity index (χ4v) is 3.18. The molecule has 0 saturated heterocycles. The van der Waals surface area contributed by atoms with Crippen LogP contribution in [-0.4, -0.2) is 68.5 Å². The van der Waals surface area contributed by atoms with Gasteiger partial charge in [0.2, 0.25) is 5.78 Å². The smallest absolute Gasteiger partial charge is 0.411 e. The van der Waals surface area contributed by atoms with Crippen LogP contribution in [0.2, 0.25) is 0 Å². The molecule has 0 aliphatic carbocycles. The van der Waals surface area contributed by atoms with Gasteiger partial charge in [0.15, 0.2) is 6.61 Å². The molecular weight excluding hydrogens is 550 g/mol. The number of rotatable bonds is 13. The average molecular weight is 586 g/mol. The summed E-state index contributed by atoms with van der Waals surface area (Å²) in [5.41, 5.74) is 0.258. The van der Waals surface area contributed by atoms with Gasteiger partial charge in [-0.05, 0) is 38.5 Å². The van der Waals surface area contributed by atoms with Crippen molar-refractivity contribution < 1.29 is 47.7 Å². The zero-order valence-corrected chi connectivity index (χ0v) is 23.9. The summed E-state index contributed by atoms with van der Waals surface area (Å²) in [6.07, 6.45) is -1.05. The van der Waals surface area contributed by atoms with Crippen molar-refractivity contribution in [2.45, 2.75) is 39.0 Å². The van der Waals surface area contributed by atoms with Crippen LogP contribution in [0.25, 0.3) is 0 Å². The third-order valence-corrected chi connectivity index (χ3v) is 5.05. The summed E-state index contributed by atoms with van der Waals surface area (Å²) in [4.78, 5) is 62.0. The van der Waals surface area contributed by atoms with Gasteiger partial charge in [0.05, 0.1) is 19.2 Å². The fourth-order valence-electron chi connectivity index (χ4n) is 3.18. The van der Waals surface area contributed by atoms with Crippen LogP contribution in [0, 0.1) is 0 Å². The standard InChI is InChI=1S/C29H35N3O10/c1-6-14-39-24-15-20(31-27(36)38-5)12-13-21(24)23(33)18-40-25(34)22(16-30-26(35)42-29(2,3)4)32-28(37)41-17-19-10-8-7-9-11-19/h6-13,15,22H,1,14,16-18H2,2-5H3,(H,30,35)(H,31,36)(H,32,37)/t22-/m0/s1. The molecule has 13 heteroatoms. The Morgan fingerprint density at radius 2 is 1.67 bits per heavy atom. The Kier molecular flexibility index (Phi) is 12.8. The number of hydrogen-bond donors (Lipinski definition) is 3. The van der Waals surface area contributed by atoms with Crippen molar-refractivity contribution in [3.8, 4) is 5.75 Å². The molecule has 2 aromatic rings. The third-order valence-electron chi connectivity index (χ3n) is 5.05. The number of nitrogens with one attached hydrogen (secondary N) is 3. The minimum absolute atomic E-state index is 0.0508. The second kappa shape index (κ2) is 16.3. The molecule has 226 valence electrons. The number of alkyl carbamates (subject to hydrolysis) is 2. The van der Waals surface area contributed by atoms with Gasteiger partial charge in [-0.3, -0.25) is 10.1 Å². The Labute approximate surface area is 243 Å². The molecule has 3 amide bonds. The molecule has 0 unspecified atom stereocenters. The van der Waals surface area contributed by atoms with Gasteiger partial charge in [0, 0.05) is 11.8 Å². The van der Waals surface area contributed by atoms with Gasteiger partial charge in [-0.15, -0.1) is 0 Å². The largest absolute Gasteiger partial charge is 0.489 e. The lowest BCUT2D eigenvalue weighted by molar-refractivity contribution is -0.144. The highest BCUT2D eigenvalue weighted by molar-refractivity contribution is 6.01. The molecule has 42 heavy (non-hydrogen) atoms. The van der Waals surface area contributed by atoms with Crippen LogP contribution in [0.5, 0.6) is 5.75 Å². The van der Waals surface area contributed by atoms with Crippen molar-refractivity contribution in [2.24, 2.45) is 0 Å². The maximum Gasteiger partial charge on any atom is 0.411 e. The molecule has 0 spiro atoms. The van der Waals surface area contributed by atoms with E-state index in [0.717, 1.165) is 0 Å². The van der Waals surface area contributed by atoms with Gasteiger partial charge in [0.1, 0.15) is 30.6 Å². The maximum atomic E-state index is 13.0. The van der Waals surface area contributed by atoms with E-state index in [1.165, 1.54) is 31.4 Å². The second-order valence-corrected chi connectivity index (χ2v) is 9.60. The number of amides is 3. The lowest BCUT2D eigenvalue weighted by Crippen LogP contribution is -2.50. The Balaban J connectivity index is 2.10. The van der Waals surface area contributed by atoms with E-state index in [1.54, 1.807) is 51.1 Å². The number of ketones is 1. The van der Waals surface area contributed by atoms with Gasteiger partial charge >= 0.3 is 24.2 Å². The van der Waals surface area contributed by atoms with E-state index >= 15 is 0 Å². The molecule has 2 rings (SSSR count). The Hall–Kier alpha value is -5.07. The van der Waals surface area contributed by atoms with Gasteiger partial charge in [-0.2, -0.15) is 0 Å². The molecule has 2 aromatic carbocycles. The van der Waals surface area contributed by atoms with Crippen LogP contribution in [0.1, 0.15) is 36.7 Å². The van der Waals surface area contributed by atoms with E-state index in [4.69, 9.17) is 18.9 Å². The number of methoxy groups -OCH3 is 1. The highest BCUT2D eigenvalue weighted by Crippen LogP contribution is 2.24. The van der Waals surface area contributed by atoms with Crippen LogP contribution in [0.15, 0.2) is 61.2 Å². The number of ether oxygens (including phenoxy) is 5. The summed E-state index contributed by atoms with van der Waals surface area (Å²) in [6.45, 7) is 7.39. The molecule has 0 aliphatic heterocycles. The monoisotopic (exact) mass is 585 g/mol. The zero-order chi connectivity index (χ0) is 31.1. The Bertz CT molecular complexity index is 1260. The lowest BCUT2D eigenvalue weighted by atomic mass is 10.1. The first-order chi connectivity index (χ1) is 19.9. The van der Waals surface area contributed by atoms with E-state index in [9.17, 15) is 24.0 Å². The maximum absolute atomic E-state index is 13.0. The summed E-state index contributed by atoms with van der Waals surface area (Å²) >= 11 is 0. The normalized spacial score (nSPS) is 11.2. The van der Waals surface area contributed by atoms with Crippen LogP contribution >= 0.6 is 0 Å².